The maximum atomic E-state index is 12.8. The normalized spacial score (nSPS) is 11.2. The number of nitrogens with zero attached hydrogens (tertiary/aromatic N) is 2. The van der Waals surface area contributed by atoms with Gasteiger partial charge in [0.15, 0.2) is 0 Å². The van der Waals surface area contributed by atoms with Crippen LogP contribution in [0.5, 0.6) is 0 Å². The molecule has 0 aliphatic rings. The summed E-state index contributed by atoms with van der Waals surface area (Å²) in [6.45, 7) is 0. The first-order valence-corrected chi connectivity index (χ1v) is 5.62. The number of rotatable bonds is 3. The Labute approximate surface area is 108 Å². The zero-order chi connectivity index (χ0) is 13.1. The predicted octanol–water partition coefficient (Wildman–Crippen LogP) is 3.64. The van der Waals surface area contributed by atoms with Crippen LogP contribution in [0.1, 0.15) is 11.7 Å². The Hall–Kier alpha value is -2.69. The molecule has 1 aromatic carbocycles. The molecule has 2 aromatic heterocycles. The summed E-state index contributed by atoms with van der Waals surface area (Å²) < 4.78 is 23.4. The van der Waals surface area contributed by atoms with Gasteiger partial charge in [0, 0.05) is 11.6 Å². The number of hydrogen-bond donors (Lipinski definition) is 0. The van der Waals surface area contributed by atoms with Crippen LogP contribution in [0.3, 0.4) is 0 Å². The number of halogens is 1. The molecule has 0 bridgehead atoms. The van der Waals surface area contributed by atoms with Gasteiger partial charge in [0.05, 0.1) is 6.26 Å². The summed E-state index contributed by atoms with van der Waals surface area (Å²) in [7, 11) is 0. The summed E-state index contributed by atoms with van der Waals surface area (Å²) in [5, 5.41) is 7.77. The molecule has 0 N–H and O–H groups in total. The summed E-state index contributed by atoms with van der Waals surface area (Å²) in [6.07, 6.45) is 4.96. The van der Waals surface area contributed by atoms with E-state index in [1.165, 1.54) is 12.1 Å². The van der Waals surface area contributed by atoms with Crippen molar-refractivity contribution < 1.29 is 13.2 Å². The molecule has 0 amide bonds. The molecule has 4 nitrogen and oxygen atoms in total. The SMILES string of the molecule is Fc1ccc(-c2nnc(/C=C/c3ccco3)o2)cc1. The Morgan fingerprint density at radius 2 is 1.84 bits per heavy atom. The fourth-order valence-corrected chi connectivity index (χ4v) is 1.55. The van der Waals surface area contributed by atoms with Crippen molar-refractivity contribution in [2.24, 2.45) is 0 Å². The molecule has 0 saturated heterocycles. The average Bonchev–Trinajstić information content (AvgIpc) is 3.09. The van der Waals surface area contributed by atoms with Gasteiger partial charge in [0.2, 0.25) is 11.8 Å². The zero-order valence-electron chi connectivity index (χ0n) is 9.79. The summed E-state index contributed by atoms with van der Waals surface area (Å²) in [4.78, 5) is 0. The van der Waals surface area contributed by atoms with Crippen molar-refractivity contribution in [1.29, 1.82) is 0 Å². The van der Waals surface area contributed by atoms with Gasteiger partial charge in [-0.2, -0.15) is 0 Å². The minimum absolute atomic E-state index is 0.304. The van der Waals surface area contributed by atoms with Crippen LogP contribution >= 0.6 is 0 Å². The van der Waals surface area contributed by atoms with E-state index in [-0.39, 0.29) is 5.82 Å². The zero-order valence-corrected chi connectivity index (χ0v) is 9.79. The van der Waals surface area contributed by atoms with Gasteiger partial charge in [0.25, 0.3) is 0 Å². The summed E-state index contributed by atoms with van der Waals surface area (Å²) in [6, 6.07) is 9.46. The molecule has 2 heterocycles. The molecule has 0 saturated carbocycles. The summed E-state index contributed by atoms with van der Waals surface area (Å²) >= 11 is 0. The largest absolute Gasteiger partial charge is 0.465 e. The summed E-state index contributed by atoms with van der Waals surface area (Å²) in [5.41, 5.74) is 0.673. The molecular formula is C14H9FN2O2. The Morgan fingerprint density at radius 3 is 2.58 bits per heavy atom. The molecule has 3 rings (SSSR count). The van der Waals surface area contributed by atoms with Gasteiger partial charge in [-0.1, -0.05) is 0 Å². The second-order valence-corrected chi connectivity index (χ2v) is 3.80. The maximum absolute atomic E-state index is 12.8. The highest BCUT2D eigenvalue weighted by Crippen LogP contribution is 2.19. The Bertz CT molecular complexity index is 685. The lowest BCUT2D eigenvalue weighted by molar-refractivity contribution is 0.552. The highest BCUT2D eigenvalue weighted by molar-refractivity contribution is 5.63. The van der Waals surface area contributed by atoms with Crippen LogP contribution in [0.2, 0.25) is 0 Å². The standard InChI is InChI=1S/C14H9FN2O2/c15-11-5-3-10(4-6-11)14-17-16-13(19-14)8-7-12-2-1-9-18-12/h1-9H/b8-7+. The molecule has 94 valence electrons. The van der Waals surface area contributed by atoms with E-state index in [0.29, 0.717) is 23.1 Å². The van der Waals surface area contributed by atoms with Crippen molar-refractivity contribution in [1.82, 2.24) is 10.2 Å². The smallest absolute Gasteiger partial charge is 0.248 e. The van der Waals surface area contributed by atoms with E-state index in [4.69, 9.17) is 8.83 Å². The van der Waals surface area contributed by atoms with Gasteiger partial charge >= 0.3 is 0 Å². The van der Waals surface area contributed by atoms with Crippen molar-refractivity contribution in [2.75, 3.05) is 0 Å². The van der Waals surface area contributed by atoms with Crippen molar-refractivity contribution >= 4 is 12.2 Å². The highest BCUT2D eigenvalue weighted by Gasteiger charge is 2.06. The number of hydrogen-bond acceptors (Lipinski definition) is 4. The van der Waals surface area contributed by atoms with Gasteiger partial charge < -0.3 is 8.83 Å². The lowest BCUT2D eigenvalue weighted by Gasteiger charge is -1.92. The Morgan fingerprint density at radius 1 is 1.00 bits per heavy atom. The second-order valence-electron chi connectivity index (χ2n) is 3.80. The van der Waals surface area contributed by atoms with Crippen LogP contribution < -0.4 is 0 Å². The van der Waals surface area contributed by atoms with E-state index in [9.17, 15) is 4.39 Å². The first-order valence-electron chi connectivity index (χ1n) is 5.62. The third-order valence-electron chi connectivity index (χ3n) is 2.47. The first kappa shape index (κ1) is 11.4. The van der Waals surface area contributed by atoms with Crippen molar-refractivity contribution in [3.63, 3.8) is 0 Å². The van der Waals surface area contributed by atoms with E-state index >= 15 is 0 Å². The van der Waals surface area contributed by atoms with E-state index in [2.05, 4.69) is 10.2 Å². The maximum Gasteiger partial charge on any atom is 0.248 e. The van der Waals surface area contributed by atoms with E-state index < -0.39 is 0 Å². The molecule has 3 aromatic rings. The summed E-state index contributed by atoms with van der Waals surface area (Å²) in [5.74, 6) is 1.09. The first-order chi connectivity index (χ1) is 9.31. The van der Waals surface area contributed by atoms with Crippen molar-refractivity contribution in [3.8, 4) is 11.5 Å². The molecule has 0 aliphatic heterocycles. The van der Waals surface area contributed by atoms with Crippen LogP contribution in [0, 0.1) is 5.82 Å². The van der Waals surface area contributed by atoms with E-state index in [1.54, 1.807) is 36.6 Å². The molecule has 0 spiro atoms. The lowest BCUT2D eigenvalue weighted by Crippen LogP contribution is -1.78. The minimum Gasteiger partial charge on any atom is -0.465 e. The van der Waals surface area contributed by atoms with Crippen LogP contribution in [0.25, 0.3) is 23.6 Å². The molecular weight excluding hydrogens is 247 g/mol. The highest BCUT2D eigenvalue weighted by atomic mass is 19.1. The monoisotopic (exact) mass is 256 g/mol. The fraction of sp³-hybridized carbons (Fsp3) is 0. The third-order valence-corrected chi connectivity index (χ3v) is 2.47. The average molecular weight is 256 g/mol. The van der Waals surface area contributed by atoms with Gasteiger partial charge in [-0.3, -0.25) is 0 Å². The van der Waals surface area contributed by atoms with Crippen LogP contribution in [0.15, 0.2) is 51.5 Å². The quantitative estimate of drug-likeness (QED) is 0.717. The van der Waals surface area contributed by atoms with Gasteiger partial charge in [-0.15, -0.1) is 10.2 Å². The number of aromatic nitrogens is 2. The molecule has 0 unspecified atom stereocenters. The Kier molecular flexibility index (Phi) is 2.94. The van der Waals surface area contributed by atoms with E-state index in [0.717, 1.165) is 0 Å². The molecule has 5 heteroatoms. The Balaban J connectivity index is 1.81. The van der Waals surface area contributed by atoms with Crippen molar-refractivity contribution in [2.45, 2.75) is 0 Å². The topological polar surface area (TPSA) is 52.1 Å². The fourth-order valence-electron chi connectivity index (χ4n) is 1.55. The van der Waals surface area contributed by atoms with E-state index in [1.807, 2.05) is 6.07 Å². The van der Waals surface area contributed by atoms with Gasteiger partial charge in [-0.05, 0) is 42.5 Å². The number of furan rings is 1. The van der Waals surface area contributed by atoms with Crippen molar-refractivity contribution in [3.05, 3.63) is 60.1 Å². The molecule has 0 aliphatic carbocycles. The molecule has 0 radical (unpaired) electrons. The lowest BCUT2D eigenvalue weighted by atomic mass is 10.2. The third kappa shape index (κ3) is 2.60. The van der Waals surface area contributed by atoms with Crippen LogP contribution in [0.4, 0.5) is 4.39 Å². The van der Waals surface area contributed by atoms with Gasteiger partial charge in [-0.25, -0.2) is 4.39 Å². The van der Waals surface area contributed by atoms with Crippen LogP contribution in [-0.2, 0) is 0 Å². The molecule has 0 atom stereocenters. The molecule has 19 heavy (non-hydrogen) atoms. The molecule has 0 fully saturated rings. The van der Waals surface area contributed by atoms with Crippen LogP contribution in [-0.4, -0.2) is 10.2 Å². The minimum atomic E-state index is -0.304. The van der Waals surface area contributed by atoms with Gasteiger partial charge in [0.1, 0.15) is 11.6 Å². The predicted molar refractivity (Wildman–Crippen MR) is 67.3 cm³/mol. The number of benzene rings is 1. The second kappa shape index (κ2) is 4.89.